The Labute approximate surface area is 103 Å². The Kier molecular flexibility index (Phi) is 3.77. The summed E-state index contributed by atoms with van der Waals surface area (Å²) in [6.07, 6.45) is 2.74. The maximum absolute atomic E-state index is 11.5. The van der Waals surface area contributed by atoms with Crippen LogP contribution in [0.4, 0.5) is 0 Å². The van der Waals surface area contributed by atoms with Crippen LogP contribution in [0.2, 0.25) is 0 Å². The number of nitrogens with zero attached hydrogens (tertiary/aromatic N) is 1. The van der Waals surface area contributed by atoms with Gasteiger partial charge in [-0.25, -0.2) is 8.42 Å². The zero-order chi connectivity index (χ0) is 12.5. The number of hydrogen-bond acceptors (Lipinski definition) is 5. The number of aliphatic hydroxyl groups is 1. The van der Waals surface area contributed by atoms with E-state index in [4.69, 9.17) is 5.73 Å². The first-order valence-corrected chi connectivity index (χ1v) is 8.12. The summed E-state index contributed by atoms with van der Waals surface area (Å²) in [5.41, 5.74) is 4.85. The molecule has 0 spiro atoms. The van der Waals surface area contributed by atoms with E-state index >= 15 is 0 Å². The minimum Gasteiger partial charge on any atom is -0.387 e. The molecule has 0 aromatic heterocycles. The number of rotatable bonds is 4. The van der Waals surface area contributed by atoms with E-state index in [1.54, 1.807) is 0 Å². The first kappa shape index (κ1) is 13.3. The summed E-state index contributed by atoms with van der Waals surface area (Å²) >= 11 is 0. The van der Waals surface area contributed by atoms with Crippen molar-refractivity contribution < 1.29 is 13.5 Å². The molecule has 0 bridgehead atoms. The largest absolute Gasteiger partial charge is 0.387 e. The fourth-order valence-corrected chi connectivity index (χ4v) is 3.83. The van der Waals surface area contributed by atoms with E-state index in [9.17, 15) is 13.5 Å². The van der Waals surface area contributed by atoms with Crippen LogP contribution in [0.15, 0.2) is 0 Å². The number of nitrogens with two attached hydrogens (primary N) is 1. The molecule has 0 aromatic rings. The molecule has 0 amide bonds. The van der Waals surface area contributed by atoms with Crippen molar-refractivity contribution in [1.29, 1.82) is 0 Å². The smallest absolute Gasteiger partial charge is 0.151 e. The Bertz CT molecular complexity index is 367. The van der Waals surface area contributed by atoms with Gasteiger partial charge in [-0.05, 0) is 31.7 Å². The van der Waals surface area contributed by atoms with Gasteiger partial charge in [-0.3, -0.25) is 4.90 Å². The molecular formula is C11H22N2O3S. The van der Waals surface area contributed by atoms with Gasteiger partial charge in [0.15, 0.2) is 9.84 Å². The zero-order valence-corrected chi connectivity index (χ0v) is 11.0. The van der Waals surface area contributed by atoms with E-state index in [0.717, 1.165) is 19.4 Å². The highest BCUT2D eigenvalue weighted by Gasteiger charge is 2.43. The van der Waals surface area contributed by atoms with Gasteiger partial charge in [0.2, 0.25) is 0 Å². The lowest BCUT2D eigenvalue weighted by Gasteiger charge is -2.32. The monoisotopic (exact) mass is 262 g/mol. The van der Waals surface area contributed by atoms with Gasteiger partial charge in [0.05, 0.1) is 17.1 Å². The first-order valence-electron chi connectivity index (χ1n) is 6.30. The molecule has 2 rings (SSSR count). The lowest BCUT2D eigenvalue weighted by molar-refractivity contribution is -0.00646. The van der Waals surface area contributed by atoms with Crippen LogP contribution in [-0.2, 0) is 9.84 Å². The Morgan fingerprint density at radius 2 is 2.00 bits per heavy atom. The maximum atomic E-state index is 11.5. The predicted molar refractivity (Wildman–Crippen MR) is 66.4 cm³/mol. The average molecular weight is 262 g/mol. The lowest BCUT2D eigenvalue weighted by Crippen LogP contribution is -2.50. The third-order valence-electron chi connectivity index (χ3n) is 3.84. The van der Waals surface area contributed by atoms with Gasteiger partial charge >= 0.3 is 0 Å². The first-order chi connectivity index (χ1) is 7.95. The highest BCUT2D eigenvalue weighted by atomic mass is 32.2. The Morgan fingerprint density at radius 3 is 2.59 bits per heavy atom. The van der Waals surface area contributed by atoms with E-state index in [-0.39, 0.29) is 18.1 Å². The van der Waals surface area contributed by atoms with Crippen LogP contribution in [0.3, 0.4) is 0 Å². The molecule has 1 heterocycles. The summed E-state index contributed by atoms with van der Waals surface area (Å²) in [5, 5.41) is 10.4. The molecule has 1 atom stereocenters. The number of sulfone groups is 1. The van der Waals surface area contributed by atoms with Crippen LogP contribution in [0.1, 0.15) is 19.3 Å². The molecular weight excluding hydrogens is 240 g/mol. The molecule has 100 valence electrons. The lowest BCUT2D eigenvalue weighted by atomic mass is 9.97. The van der Waals surface area contributed by atoms with Gasteiger partial charge in [0, 0.05) is 19.6 Å². The van der Waals surface area contributed by atoms with Crippen molar-refractivity contribution >= 4 is 9.84 Å². The SMILES string of the molecule is NCC(O)(CN1CCCS(=O)(=O)CC1)C1CC1. The van der Waals surface area contributed by atoms with E-state index in [0.29, 0.717) is 25.4 Å². The van der Waals surface area contributed by atoms with Crippen LogP contribution >= 0.6 is 0 Å². The van der Waals surface area contributed by atoms with Crippen molar-refractivity contribution in [2.75, 3.05) is 37.7 Å². The van der Waals surface area contributed by atoms with E-state index in [1.807, 2.05) is 0 Å². The van der Waals surface area contributed by atoms with Crippen LogP contribution in [0, 0.1) is 5.92 Å². The molecule has 1 unspecified atom stereocenters. The Balaban J connectivity index is 1.94. The second kappa shape index (κ2) is 4.84. The number of hydrogen-bond donors (Lipinski definition) is 2. The third-order valence-corrected chi connectivity index (χ3v) is 5.55. The molecule has 1 aliphatic heterocycles. The topological polar surface area (TPSA) is 83.6 Å². The van der Waals surface area contributed by atoms with Crippen molar-refractivity contribution in [3.8, 4) is 0 Å². The van der Waals surface area contributed by atoms with Gasteiger partial charge in [0.1, 0.15) is 0 Å². The highest BCUT2D eigenvalue weighted by molar-refractivity contribution is 7.91. The normalized spacial score (nSPS) is 29.5. The van der Waals surface area contributed by atoms with Crippen LogP contribution in [-0.4, -0.2) is 61.7 Å². The summed E-state index contributed by atoms with van der Waals surface area (Å²) in [6, 6.07) is 0. The summed E-state index contributed by atoms with van der Waals surface area (Å²) in [4.78, 5) is 2.05. The van der Waals surface area contributed by atoms with Crippen LogP contribution in [0.25, 0.3) is 0 Å². The van der Waals surface area contributed by atoms with Crippen LogP contribution in [0.5, 0.6) is 0 Å². The molecule has 17 heavy (non-hydrogen) atoms. The Hall–Kier alpha value is -0.170. The number of β-amino-alcohol motifs (C(OH)–C–C–N with tert-alkyl or cyclic N) is 1. The summed E-state index contributed by atoms with van der Waals surface area (Å²) in [7, 11) is -2.87. The molecule has 2 fully saturated rings. The van der Waals surface area contributed by atoms with Gasteiger partial charge < -0.3 is 10.8 Å². The fourth-order valence-electron chi connectivity index (χ4n) is 2.52. The maximum Gasteiger partial charge on any atom is 0.151 e. The van der Waals surface area contributed by atoms with Gasteiger partial charge in [-0.1, -0.05) is 0 Å². The van der Waals surface area contributed by atoms with Crippen molar-refractivity contribution in [2.45, 2.75) is 24.9 Å². The van der Waals surface area contributed by atoms with Crippen molar-refractivity contribution in [3.05, 3.63) is 0 Å². The highest BCUT2D eigenvalue weighted by Crippen LogP contribution is 2.39. The fraction of sp³-hybridized carbons (Fsp3) is 1.00. The van der Waals surface area contributed by atoms with Crippen molar-refractivity contribution in [3.63, 3.8) is 0 Å². The average Bonchev–Trinajstić information content (AvgIpc) is 3.08. The molecule has 5 nitrogen and oxygen atoms in total. The molecule has 6 heteroatoms. The van der Waals surface area contributed by atoms with Gasteiger partial charge in [0.25, 0.3) is 0 Å². The zero-order valence-electron chi connectivity index (χ0n) is 10.1. The Morgan fingerprint density at radius 1 is 1.29 bits per heavy atom. The third kappa shape index (κ3) is 3.40. The summed E-state index contributed by atoms with van der Waals surface area (Å²) < 4.78 is 23.0. The standard InChI is InChI=1S/C11H22N2O3S/c12-8-11(14,10-2-3-10)9-13-4-1-6-17(15,16)7-5-13/h10,14H,1-9,12H2. The molecule has 1 saturated heterocycles. The van der Waals surface area contributed by atoms with Gasteiger partial charge in [-0.15, -0.1) is 0 Å². The molecule has 1 aliphatic carbocycles. The predicted octanol–water partition coefficient (Wildman–Crippen LogP) is -0.793. The minimum atomic E-state index is -2.87. The molecule has 0 radical (unpaired) electrons. The second-order valence-electron chi connectivity index (χ2n) is 5.36. The summed E-state index contributed by atoms with van der Waals surface area (Å²) in [6.45, 7) is 2.05. The van der Waals surface area contributed by atoms with Crippen molar-refractivity contribution in [1.82, 2.24) is 4.90 Å². The molecule has 1 saturated carbocycles. The van der Waals surface area contributed by atoms with E-state index < -0.39 is 15.4 Å². The van der Waals surface area contributed by atoms with Crippen molar-refractivity contribution in [2.24, 2.45) is 11.7 Å². The van der Waals surface area contributed by atoms with E-state index in [2.05, 4.69) is 4.90 Å². The minimum absolute atomic E-state index is 0.207. The molecule has 0 aromatic carbocycles. The molecule has 3 N–H and O–H groups in total. The van der Waals surface area contributed by atoms with Gasteiger partial charge in [-0.2, -0.15) is 0 Å². The van der Waals surface area contributed by atoms with E-state index in [1.165, 1.54) is 0 Å². The quantitative estimate of drug-likeness (QED) is 0.693. The molecule has 2 aliphatic rings. The van der Waals surface area contributed by atoms with Crippen LogP contribution < -0.4 is 5.73 Å². The summed E-state index contributed by atoms with van der Waals surface area (Å²) in [5.74, 6) is 0.791. The second-order valence-corrected chi connectivity index (χ2v) is 7.67.